The van der Waals surface area contributed by atoms with Crippen molar-refractivity contribution in [1.82, 2.24) is 10.2 Å². The van der Waals surface area contributed by atoms with Crippen LogP contribution in [0.2, 0.25) is 0 Å². The first kappa shape index (κ1) is 11.3. The summed E-state index contributed by atoms with van der Waals surface area (Å²) < 4.78 is 0. The van der Waals surface area contributed by atoms with E-state index >= 15 is 0 Å². The summed E-state index contributed by atoms with van der Waals surface area (Å²) in [6, 6.07) is -0.0344. The van der Waals surface area contributed by atoms with Gasteiger partial charge in [0, 0.05) is 19.6 Å². The van der Waals surface area contributed by atoms with Crippen molar-refractivity contribution in [3.8, 4) is 0 Å². The molecule has 4 heteroatoms. The van der Waals surface area contributed by atoms with Gasteiger partial charge in [-0.15, -0.1) is 0 Å². The molecular formula is C10H20N2O2. The Morgan fingerprint density at radius 1 is 1.36 bits per heavy atom. The first-order valence-corrected chi connectivity index (χ1v) is 5.41. The van der Waals surface area contributed by atoms with E-state index in [2.05, 4.69) is 5.32 Å². The van der Waals surface area contributed by atoms with Crippen molar-refractivity contribution in [3.05, 3.63) is 0 Å². The van der Waals surface area contributed by atoms with E-state index in [9.17, 15) is 4.79 Å². The SMILES string of the molecule is C[C@H](O)CNC(=O)N1CCCCCC1. The molecule has 0 aromatic rings. The van der Waals surface area contributed by atoms with Gasteiger partial charge in [0.15, 0.2) is 0 Å². The van der Waals surface area contributed by atoms with E-state index in [1.54, 1.807) is 6.92 Å². The van der Waals surface area contributed by atoms with Crippen LogP contribution in [-0.2, 0) is 0 Å². The number of urea groups is 1. The van der Waals surface area contributed by atoms with Gasteiger partial charge in [0.2, 0.25) is 0 Å². The lowest BCUT2D eigenvalue weighted by molar-refractivity contribution is 0.172. The number of nitrogens with zero attached hydrogens (tertiary/aromatic N) is 1. The zero-order valence-corrected chi connectivity index (χ0v) is 8.83. The standard InChI is InChI=1S/C10H20N2O2/c1-9(13)8-11-10(14)12-6-4-2-3-5-7-12/h9,13H,2-8H2,1H3,(H,11,14)/t9-/m0/s1. The average Bonchev–Trinajstić information content (AvgIpc) is 2.42. The highest BCUT2D eigenvalue weighted by molar-refractivity contribution is 5.74. The fourth-order valence-electron chi connectivity index (χ4n) is 1.62. The largest absolute Gasteiger partial charge is 0.392 e. The van der Waals surface area contributed by atoms with Gasteiger partial charge in [-0.25, -0.2) is 4.79 Å². The van der Waals surface area contributed by atoms with Crippen molar-refractivity contribution >= 4 is 6.03 Å². The van der Waals surface area contributed by atoms with Gasteiger partial charge >= 0.3 is 6.03 Å². The van der Waals surface area contributed by atoms with Crippen LogP contribution in [0, 0.1) is 0 Å². The molecule has 2 amide bonds. The van der Waals surface area contributed by atoms with Crippen molar-refractivity contribution in [2.45, 2.75) is 38.7 Å². The Labute approximate surface area is 85.3 Å². The van der Waals surface area contributed by atoms with Crippen LogP contribution in [0.15, 0.2) is 0 Å². The normalized spacial score (nSPS) is 20.0. The average molecular weight is 200 g/mol. The van der Waals surface area contributed by atoms with Crippen LogP contribution in [0.1, 0.15) is 32.6 Å². The van der Waals surface area contributed by atoms with Crippen LogP contribution in [-0.4, -0.2) is 41.8 Å². The van der Waals surface area contributed by atoms with Crippen molar-refractivity contribution in [1.29, 1.82) is 0 Å². The van der Waals surface area contributed by atoms with Crippen molar-refractivity contribution in [2.75, 3.05) is 19.6 Å². The monoisotopic (exact) mass is 200 g/mol. The molecule has 1 fully saturated rings. The summed E-state index contributed by atoms with van der Waals surface area (Å²) in [5, 5.41) is 11.7. The maximum atomic E-state index is 11.6. The molecule has 0 radical (unpaired) electrons. The summed E-state index contributed by atoms with van der Waals surface area (Å²) >= 11 is 0. The highest BCUT2D eigenvalue weighted by Gasteiger charge is 2.14. The Balaban J connectivity index is 2.27. The molecule has 4 nitrogen and oxygen atoms in total. The second-order valence-corrected chi connectivity index (χ2v) is 3.94. The van der Waals surface area contributed by atoms with Crippen LogP contribution < -0.4 is 5.32 Å². The molecule has 0 bridgehead atoms. The minimum absolute atomic E-state index is 0.0344. The molecular weight excluding hydrogens is 180 g/mol. The fourth-order valence-corrected chi connectivity index (χ4v) is 1.62. The lowest BCUT2D eigenvalue weighted by atomic mass is 10.2. The van der Waals surface area contributed by atoms with Gasteiger partial charge < -0.3 is 15.3 Å². The minimum Gasteiger partial charge on any atom is -0.392 e. The lowest BCUT2D eigenvalue weighted by Gasteiger charge is -2.21. The van der Waals surface area contributed by atoms with E-state index < -0.39 is 6.10 Å². The molecule has 1 rings (SSSR count). The number of rotatable bonds is 2. The Morgan fingerprint density at radius 3 is 2.43 bits per heavy atom. The highest BCUT2D eigenvalue weighted by atomic mass is 16.3. The zero-order valence-electron chi connectivity index (χ0n) is 8.83. The predicted molar refractivity (Wildman–Crippen MR) is 55.1 cm³/mol. The van der Waals surface area contributed by atoms with Crippen LogP contribution in [0.3, 0.4) is 0 Å². The maximum Gasteiger partial charge on any atom is 0.317 e. The number of hydrogen-bond donors (Lipinski definition) is 2. The molecule has 82 valence electrons. The third-order valence-electron chi connectivity index (χ3n) is 2.44. The van der Waals surface area contributed by atoms with E-state index in [1.807, 2.05) is 4.90 Å². The summed E-state index contributed by atoms with van der Waals surface area (Å²) in [6.45, 7) is 3.72. The van der Waals surface area contributed by atoms with Gasteiger partial charge in [0.05, 0.1) is 6.10 Å². The predicted octanol–water partition coefficient (Wildman–Crippen LogP) is 0.953. The van der Waals surface area contributed by atoms with Crippen LogP contribution in [0.5, 0.6) is 0 Å². The fraction of sp³-hybridized carbons (Fsp3) is 0.900. The number of carbonyl (C=O) groups is 1. The van der Waals surface area contributed by atoms with Crippen molar-refractivity contribution in [2.24, 2.45) is 0 Å². The van der Waals surface area contributed by atoms with Gasteiger partial charge in [0.25, 0.3) is 0 Å². The van der Waals surface area contributed by atoms with Crippen molar-refractivity contribution < 1.29 is 9.90 Å². The molecule has 1 aliphatic rings. The third kappa shape index (κ3) is 3.96. The number of amides is 2. The number of likely N-dealkylation sites (tertiary alicyclic amines) is 1. The van der Waals surface area contributed by atoms with E-state index in [0.29, 0.717) is 6.54 Å². The summed E-state index contributed by atoms with van der Waals surface area (Å²) in [7, 11) is 0. The van der Waals surface area contributed by atoms with Gasteiger partial charge in [-0.05, 0) is 19.8 Å². The second-order valence-electron chi connectivity index (χ2n) is 3.94. The summed E-state index contributed by atoms with van der Waals surface area (Å²) in [6.07, 6.45) is 4.18. The zero-order chi connectivity index (χ0) is 10.4. The van der Waals surface area contributed by atoms with Crippen LogP contribution in [0.4, 0.5) is 4.79 Å². The topological polar surface area (TPSA) is 52.6 Å². The Hall–Kier alpha value is -0.770. The summed E-state index contributed by atoms with van der Waals surface area (Å²) in [5.41, 5.74) is 0. The first-order valence-electron chi connectivity index (χ1n) is 5.41. The molecule has 0 unspecified atom stereocenters. The molecule has 1 saturated heterocycles. The molecule has 0 aliphatic carbocycles. The first-order chi connectivity index (χ1) is 6.70. The van der Waals surface area contributed by atoms with Crippen LogP contribution >= 0.6 is 0 Å². The molecule has 1 heterocycles. The van der Waals surface area contributed by atoms with Gasteiger partial charge in [0.1, 0.15) is 0 Å². The number of nitrogens with one attached hydrogen (secondary N) is 1. The molecule has 14 heavy (non-hydrogen) atoms. The third-order valence-corrected chi connectivity index (χ3v) is 2.44. The highest BCUT2D eigenvalue weighted by Crippen LogP contribution is 2.09. The Bertz CT molecular complexity index is 175. The molecule has 0 spiro atoms. The van der Waals surface area contributed by atoms with E-state index in [0.717, 1.165) is 25.9 Å². The molecule has 1 atom stereocenters. The maximum absolute atomic E-state index is 11.6. The van der Waals surface area contributed by atoms with E-state index in [4.69, 9.17) is 5.11 Å². The minimum atomic E-state index is -0.467. The van der Waals surface area contributed by atoms with Gasteiger partial charge in [-0.1, -0.05) is 12.8 Å². The Morgan fingerprint density at radius 2 is 1.93 bits per heavy atom. The Kier molecular flexibility index (Phi) is 4.73. The lowest BCUT2D eigenvalue weighted by Crippen LogP contribution is -2.42. The van der Waals surface area contributed by atoms with Gasteiger partial charge in [-0.2, -0.15) is 0 Å². The molecule has 1 aliphatic heterocycles. The number of carbonyl (C=O) groups excluding carboxylic acids is 1. The van der Waals surface area contributed by atoms with Gasteiger partial charge in [-0.3, -0.25) is 0 Å². The number of aliphatic hydroxyl groups excluding tert-OH is 1. The van der Waals surface area contributed by atoms with Crippen LogP contribution in [0.25, 0.3) is 0 Å². The molecule has 2 N–H and O–H groups in total. The molecule has 0 saturated carbocycles. The molecule has 0 aromatic heterocycles. The summed E-state index contributed by atoms with van der Waals surface area (Å²) in [4.78, 5) is 13.4. The number of hydrogen-bond acceptors (Lipinski definition) is 2. The smallest absolute Gasteiger partial charge is 0.317 e. The number of aliphatic hydroxyl groups is 1. The second kappa shape index (κ2) is 5.86. The van der Waals surface area contributed by atoms with Crippen molar-refractivity contribution in [3.63, 3.8) is 0 Å². The summed E-state index contributed by atoms with van der Waals surface area (Å²) in [5.74, 6) is 0. The van der Waals surface area contributed by atoms with E-state index in [1.165, 1.54) is 12.8 Å². The van der Waals surface area contributed by atoms with E-state index in [-0.39, 0.29) is 6.03 Å². The quantitative estimate of drug-likeness (QED) is 0.697. The molecule has 0 aromatic carbocycles.